The highest BCUT2D eigenvalue weighted by Gasteiger charge is 2.01. The summed E-state index contributed by atoms with van der Waals surface area (Å²) in [4.78, 5) is 0. The molecule has 0 saturated heterocycles. The lowest BCUT2D eigenvalue weighted by Gasteiger charge is -2.08. The number of hydrogen-bond donors (Lipinski definition) is 2. The molecule has 0 aromatic heterocycles. The van der Waals surface area contributed by atoms with Gasteiger partial charge >= 0.3 is 0 Å². The maximum absolute atomic E-state index is 8.95. The Hall–Kier alpha value is -0.410. The molecule has 82 valence electrons. The molecule has 2 N–H and O–H groups in total. The van der Waals surface area contributed by atoms with Crippen LogP contribution in [-0.4, -0.2) is 11.7 Å². The molecule has 0 heterocycles. The number of aliphatic hydroxyl groups is 1. The van der Waals surface area contributed by atoms with Crippen molar-refractivity contribution in [2.45, 2.75) is 6.61 Å². The molecule has 0 bridgehead atoms. The van der Waals surface area contributed by atoms with E-state index in [1.807, 2.05) is 0 Å². The highest BCUT2D eigenvalue weighted by molar-refractivity contribution is 6.37. The Morgan fingerprint density at radius 2 is 2.20 bits per heavy atom. The van der Waals surface area contributed by atoms with E-state index in [9.17, 15) is 0 Å². The van der Waals surface area contributed by atoms with Gasteiger partial charge in [0.05, 0.1) is 23.9 Å². The van der Waals surface area contributed by atoms with Crippen molar-refractivity contribution in [3.05, 3.63) is 39.4 Å². The maximum atomic E-state index is 8.95. The minimum Gasteiger partial charge on any atom is -0.392 e. The van der Waals surface area contributed by atoms with Gasteiger partial charge in [-0.15, -0.1) is 0 Å². The van der Waals surface area contributed by atoms with Crippen LogP contribution >= 0.6 is 34.8 Å². The van der Waals surface area contributed by atoms with Crippen molar-refractivity contribution < 1.29 is 5.11 Å². The molecular formula is C10H10Cl3NO. The van der Waals surface area contributed by atoms with Crippen molar-refractivity contribution in [3.63, 3.8) is 0 Å². The highest BCUT2D eigenvalue weighted by atomic mass is 35.5. The average Bonchev–Trinajstić information content (AvgIpc) is 2.27. The zero-order valence-corrected chi connectivity index (χ0v) is 10.1. The smallest absolute Gasteiger partial charge is 0.0682 e. The first-order valence-corrected chi connectivity index (χ1v) is 5.44. The van der Waals surface area contributed by atoms with E-state index >= 15 is 0 Å². The molecule has 0 saturated carbocycles. The molecule has 0 atom stereocenters. The second-order valence-electron chi connectivity index (χ2n) is 2.88. The van der Waals surface area contributed by atoms with Gasteiger partial charge in [-0.2, -0.15) is 0 Å². The molecule has 0 aliphatic carbocycles. The molecule has 0 aliphatic heterocycles. The van der Waals surface area contributed by atoms with Crippen LogP contribution in [0.2, 0.25) is 5.02 Å². The number of nitrogens with one attached hydrogen (secondary N) is 1. The summed E-state index contributed by atoms with van der Waals surface area (Å²) < 4.78 is 0. The van der Waals surface area contributed by atoms with Crippen molar-refractivity contribution in [2.75, 3.05) is 11.9 Å². The second kappa shape index (κ2) is 6.23. The van der Waals surface area contributed by atoms with Gasteiger partial charge in [-0.05, 0) is 17.7 Å². The SMILES string of the molecule is OCc1ccc(Cl)c(NCC(Cl)=CCl)c1. The Labute approximate surface area is 103 Å². The van der Waals surface area contributed by atoms with Gasteiger partial charge in [-0.3, -0.25) is 0 Å². The summed E-state index contributed by atoms with van der Waals surface area (Å²) in [6, 6.07) is 5.24. The van der Waals surface area contributed by atoms with Crippen LogP contribution in [0.1, 0.15) is 5.56 Å². The number of benzene rings is 1. The van der Waals surface area contributed by atoms with Gasteiger partial charge in [0, 0.05) is 10.6 Å². The molecule has 0 fully saturated rings. The van der Waals surface area contributed by atoms with Crippen LogP contribution in [0.4, 0.5) is 5.69 Å². The van der Waals surface area contributed by atoms with Gasteiger partial charge in [0.2, 0.25) is 0 Å². The lowest BCUT2D eigenvalue weighted by atomic mass is 10.2. The van der Waals surface area contributed by atoms with E-state index in [1.54, 1.807) is 18.2 Å². The molecule has 0 radical (unpaired) electrons. The first kappa shape index (κ1) is 12.7. The molecule has 1 rings (SSSR count). The molecule has 0 aliphatic rings. The van der Waals surface area contributed by atoms with E-state index in [-0.39, 0.29) is 6.61 Å². The van der Waals surface area contributed by atoms with Crippen LogP contribution in [0.3, 0.4) is 0 Å². The molecule has 0 amide bonds. The summed E-state index contributed by atoms with van der Waals surface area (Å²) >= 11 is 17.1. The Morgan fingerprint density at radius 1 is 1.47 bits per heavy atom. The minimum absolute atomic E-state index is 0.0229. The van der Waals surface area contributed by atoms with Crippen LogP contribution in [0.25, 0.3) is 0 Å². The fourth-order valence-corrected chi connectivity index (χ4v) is 1.35. The van der Waals surface area contributed by atoms with E-state index < -0.39 is 0 Å². The monoisotopic (exact) mass is 265 g/mol. The number of hydrogen-bond acceptors (Lipinski definition) is 2. The highest BCUT2D eigenvalue weighted by Crippen LogP contribution is 2.23. The third kappa shape index (κ3) is 3.92. The summed E-state index contributed by atoms with van der Waals surface area (Å²) in [7, 11) is 0. The fourth-order valence-electron chi connectivity index (χ4n) is 1.02. The van der Waals surface area contributed by atoms with Crippen molar-refractivity contribution in [3.8, 4) is 0 Å². The molecule has 0 unspecified atom stereocenters. The zero-order chi connectivity index (χ0) is 11.3. The molecule has 0 spiro atoms. The normalized spacial score (nSPS) is 11.6. The maximum Gasteiger partial charge on any atom is 0.0682 e. The van der Waals surface area contributed by atoms with Gasteiger partial charge in [-0.25, -0.2) is 0 Å². The summed E-state index contributed by atoms with van der Waals surface area (Å²) in [5.74, 6) is 0. The molecule has 1 aromatic rings. The Kier molecular flexibility index (Phi) is 5.26. The summed E-state index contributed by atoms with van der Waals surface area (Å²) in [5.41, 5.74) is 2.80. The van der Waals surface area contributed by atoms with E-state index in [0.717, 1.165) is 11.3 Å². The van der Waals surface area contributed by atoms with E-state index in [0.29, 0.717) is 16.6 Å². The standard InChI is InChI=1S/C10H10Cl3NO/c11-4-8(12)5-14-10-3-7(6-15)1-2-9(10)13/h1-4,14-15H,5-6H2. The predicted octanol–water partition coefficient (Wildman–Crippen LogP) is 3.56. The topological polar surface area (TPSA) is 32.3 Å². The zero-order valence-electron chi connectivity index (χ0n) is 7.80. The molecule has 1 aromatic carbocycles. The molecular weight excluding hydrogens is 256 g/mol. The van der Waals surface area contributed by atoms with Gasteiger partial charge in [0.25, 0.3) is 0 Å². The van der Waals surface area contributed by atoms with Crippen molar-refractivity contribution in [1.82, 2.24) is 0 Å². The van der Waals surface area contributed by atoms with Crippen LogP contribution in [0.15, 0.2) is 28.8 Å². The lowest BCUT2D eigenvalue weighted by molar-refractivity contribution is 0.282. The minimum atomic E-state index is -0.0229. The number of aliphatic hydroxyl groups excluding tert-OH is 1. The van der Waals surface area contributed by atoms with E-state index in [1.165, 1.54) is 5.54 Å². The molecule has 5 heteroatoms. The van der Waals surface area contributed by atoms with Crippen molar-refractivity contribution in [1.29, 1.82) is 0 Å². The third-order valence-corrected chi connectivity index (χ3v) is 2.73. The van der Waals surface area contributed by atoms with Crippen LogP contribution in [0.5, 0.6) is 0 Å². The van der Waals surface area contributed by atoms with Crippen LogP contribution in [0, 0.1) is 0 Å². The van der Waals surface area contributed by atoms with Gasteiger partial charge in [0.15, 0.2) is 0 Å². The van der Waals surface area contributed by atoms with E-state index in [4.69, 9.17) is 39.9 Å². The average molecular weight is 267 g/mol. The number of rotatable bonds is 4. The van der Waals surface area contributed by atoms with Gasteiger partial charge in [-0.1, -0.05) is 40.9 Å². The first-order chi connectivity index (χ1) is 7.17. The van der Waals surface area contributed by atoms with Gasteiger partial charge in [0.1, 0.15) is 0 Å². The first-order valence-electron chi connectivity index (χ1n) is 4.25. The Bertz CT molecular complexity index is 366. The number of anilines is 1. The summed E-state index contributed by atoms with van der Waals surface area (Å²) in [5, 5.41) is 13.0. The molecule has 15 heavy (non-hydrogen) atoms. The largest absolute Gasteiger partial charge is 0.392 e. The lowest BCUT2D eigenvalue weighted by Crippen LogP contribution is -2.02. The number of halogens is 3. The van der Waals surface area contributed by atoms with Crippen LogP contribution in [-0.2, 0) is 6.61 Å². The van der Waals surface area contributed by atoms with Gasteiger partial charge < -0.3 is 10.4 Å². The predicted molar refractivity (Wildman–Crippen MR) is 65.7 cm³/mol. The van der Waals surface area contributed by atoms with E-state index in [2.05, 4.69) is 5.32 Å². The third-order valence-electron chi connectivity index (χ3n) is 1.78. The van der Waals surface area contributed by atoms with Crippen molar-refractivity contribution >= 4 is 40.5 Å². The fraction of sp³-hybridized carbons (Fsp3) is 0.200. The van der Waals surface area contributed by atoms with Crippen molar-refractivity contribution in [2.24, 2.45) is 0 Å². The summed E-state index contributed by atoms with van der Waals surface area (Å²) in [6.07, 6.45) is 0. The van der Waals surface area contributed by atoms with Crippen LogP contribution < -0.4 is 5.32 Å². The Balaban J connectivity index is 2.75. The quantitative estimate of drug-likeness (QED) is 0.873. The molecule has 2 nitrogen and oxygen atoms in total. The Morgan fingerprint density at radius 3 is 2.80 bits per heavy atom. The second-order valence-corrected chi connectivity index (χ2v) is 3.99. The summed E-state index contributed by atoms with van der Waals surface area (Å²) in [6.45, 7) is 0.380.